The molecule has 6 nitrogen and oxygen atoms in total. The van der Waals surface area contributed by atoms with Crippen LogP contribution in [0.2, 0.25) is 0 Å². The van der Waals surface area contributed by atoms with Gasteiger partial charge in [-0.05, 0) is 61.1 Å². The van der Waals surface area contributed by atoms with Gasteiger partial charge in [0.15, 0.2) is 5.96 Å². The second-order valence-electron chi connectivity index (χ2n) is 8.39. The Bertz CT molecular complexity index is 950. The lowest BCUT2D eigenvalue weighted by Gasteiger charge is -2.19. The number of hydrogen-bond acceptors (Lipinski definition) is 2. The summed E-state index contributed by atoms with van der Waals surface area (Å²) in [5, 5.41) is 9.70. The summed E-state index contributed by atoms with van der Waals surface area (Å²) in [7, 11) is 1.74. The van der Waals surface area contributed by atoms with E-state index in [1.165, 1.54) is 6.07 Å². The molecule has 0 atom stereocenters. The van der Waals surface area contributed by atoms with Gasteiger partial charge < -0.3 is 20.9 Å². The van der Waals surface area contributed by atoms with Crippen LogP contribution >= 0.6 is 0 Å². The lowest BCUT2D eigenvalue weighted by atomic mass is 9.96. The maximum atomic E-state index is 13.6. The number of nitrogens with zero attached hydrogens (tertiary/aromatic N) is 2. The van der Waals surface area contributed by atoms with Crippen LogP contribution in [0.4, 0.5) is 14.9 Å². The molecule has 1 saturated carbocycles. The van der Waals surface area contributed by atoms with Crippen LogP contribution in [-0.4, -0.2) is 43.6 Å². The molecular formula is C24H30FN5O. The summed E-state index contributed by atoms with van der Waals surface area (Å²) in [4.78, 5) is 18.5. The number of anilines is 1. The number of aliphatic imine (C=N–C) groups is 1. The molecule has 3 N–H and O–H groups in total. The van der Waals surface area contributed by atoms with Gasteiger partial charge in [0.1, 0.15) is 5.82 Å². The van der Waals surface area contributed by atoms with Crippen LogP contribution < -0.4 is 16.0 Å². The highest BCUT2D eigenvalue weighted by Gasteiger charge is 2.44. The summed E-state index contributed by atoms with van der Waals surface area (Å²) < 4.78 is 13.6. The average molecular weight is 424 g/mol. The number of halogens is 1. The van der Waals surface area contributed by atoms with Crippen LogP contribution in [0, 0.1) is 5.82 Å². The minimum absolute atomic E-state index is 0.0144. The molecule has 31 heavy (non-hydrogen) atoms. The van der Waals surface area contributed by atoms with E-state index in [9.17, 15) is 9.18 Å². The van der Waals surface area contributed by atoms with Crippen LogP contribution in [0.3, 0.4) is 0 Å². The highest BCUT2D eigenvalue weighted by Crippen LogP contribution is 2.47. The first-order valence-corrected chi connectivity index (χ1v) is 10.9. The molecule has 1 heterocycles. The van der Waals surface area contributed by atoms with Gasteiger partial charge >= 0.3 is 6.03 Å². The summed E-state index contributed by atoms with van der Waals surface area (Å²) >= 11 is 0. The molecule has 7 heteroatoms. The second-order valence-corrected chi connectivity index (χ2v) is 8.39. The van der Waals surface area contributed by atoms with Gasteiger partial charge in [0.25, 0.3) is 0 Å². The SMILES string of the molecule is CN=C(NCc1cccc(NC(=O)N2CCCC2)c1)NCC1(c2cccc(F)c2)CC1. The minimum atomic E-state index is -0.192. The number of carbonyl (C=O) groups excluding carboxylic acids is 1. The largest absolute Gasteiger partial charge is 0.356 e. The van der Waals surface area contributed by atoms with Crippen molar-refractivity contribution in [3.8, 4) is 0 Å². The molecule has 0 unspecified atom stereocenters. The zero-order valence-corrected chi connectivity index (χ0v) is 18.0. The molecule has 0 bridgehead atoms. The third-order valence-corrected chi connectivity index (χ3v) is 6.14. The van der Waals surface area contributed by atoms with Crippen LogP contribution in [-0.2, 0) is 12.0 Å². The molecule has 2 fully saturated rings. The molecule has 0 radical (unpaired) electrons. The summed E-state index contributed by atoms with van der Waals surface area (Å²) in [6.07, 6.45) is 4.23. The van der Waals surface area contributed by atoms with E-state index in [1.54, 1.807) is 19.2 Å². The average Bonchev–Trinajstić information content (AvgIpc) is 3.36. The van der Waals surface area contributed by atoms with Crippen LogP contribution in [0.1, 0.15) is 36.8 Å². The Balaban J connectivity index is 1.29. The van der Waals surface area contributed by atoms with Crippen LogP contribution in [0.25, 0.3) is 0 Å². The van der Waals surface area contributed by atoms with E-state index in [2.05, 4.69) is 20.9 Å². The molecule has 2 aliphatic rings. The topological polar surface area (TPSA) is 68.8 Å². The van der Waals surface area contributed by atoms with Crippen molar-refractivity contribution in [2.24, 2.45) is 4.99 Å². The molecule has 2 amide bonds. The highest BCUT2D eigenvalue weighted by atomic mass is 19.1. The van der Waals surface area contributed by atoms with Crippen molar-refractivity contribution in [1.29, 1.82) is 0 Å². The van der Waals surface area contributed by atoms with Gasteiger partial charge in [-0.2, -0.15) is 0 Å². The van der Waals surface area contributed by atoms with Crippen molar-refractivity contribution >= 4 is 17.7 Å². The molecule has 4 rings (SSSR count). The zero-order chi connectivity index (χ0) is 21.7. The fourth-order valence-corrected chi connectivity index (χ4v) is 4.08. The number of amides is 2. The minimum Gasteiger partial charge on any atom is -0.356 e. The number of urea groups is 1. The second kappa shape index (κ2) is 9.37. The Hall–Kier alpha value is -3.09. The number of guanidine groups is 1. The van der Waals surface area contributed by atoms with Gasteiger partial charge in [-0.1, -0.05) is 24.3 Å². The van der Waals surface area contributed by atoms with E-state index >= 15 is 0 Å². The summed E-state index contributed by atoms with van der Waals surface area (Å²) in [6, 6.07) is 14.7. The molecule has 1 aliphatic heterocycles. The molecule has 0 spiro atoms. The molecule has 0 aromatic heterocycles. The monoisotopic (exact) mass is 423 g/mol. The summed E-state index contributed by atoms with van der Waals surface area (Å²) in [5.41, 5.74) is 2.87. The Kier molecular flexibility index (Phi) is 6.39. The van der Waals surface area contributed by atoms with Crippen LogP contribution in [0.15, 0.2) is 53.5 Å². The standard InChI is InChI=1S/C24H30FN5O/c1-26-22(28-17-24(10-11-24)19-7-5-8-20(25)15-19)27-16-18-6-4-9-21(14-18)29-23(31)30-12-2-3-13-30/h4-9,14-15H,2-3,10-13,16-17H2,1H3,(H,29,31)(H2,26,27,28). The Morgan fingerprint density at radius 3 is 2.58 bits per heavy atom. The number of hydrogen-bond donors (Lipinski definition) is 3. The lowest BCUT2D eigenvalue weighted by molar-refractivity contribution is 0.222. The Labute approximate surface area is 182 Å². The third-order valence-electron chi connectivity index (χ3n) is 6.14. The molecule has 1 saturated heterocycles. The van der Waals surface area contributed by atoms with Crippen LogP contribution in [0.5, 0.6) is 0 Å². The fraction of sp³-hybridized carbons (Fsp3) is 0.417. The predicted molar refractivity (Wildman–Crippen MR) is 122 cm³/mol. The Morgan fingerprint density at radius 2 is 1.87 bits per heavy atom. The van der Waals surface area contributed by atoms with Crippen molar-refractivity contribution < 1.29 is 9.18 Å². The molecule has 2 aromatic rings. The van der Waals surface area contributed by atoms with Crippen molar-refractivity contribution in [2.45, 2.75) is 37.6 Å². The summed E-state index contributed by atoms with van der Waals surface area (Å²) in [5.74, 6) is 0.511. The van der Waals surface area contributed by atoms with E-state index in [1.807, 2.05) is 35.2 Å². The third kappa shape index (κ3) is 5.34. The fourth-order valence-electron chi connectivity index (χ4n) is 4.08. The van der Waals surface area contributed by atoms with Crippen molar-refractivity contribution in [1.82, 2.24) is 15.5 Å². The first-order chi connectivity index (χ1) is 15.1. The van der Waals surface area contributed by atoms with Gasteiger partial charge in [0, 0.05) is 44.3 Å². The Morgan fingerprint density at radius 1 is 1.10 bits per heavy atom. The van der Waals surface area contributed by atoms with Gasteiger partial charge in [-0.15, -0.1) is 0 Å². The quantitative estimate of drug-likeness (QED) is 0.488. The molecule has 164 valence electrons. The number of rotatable bonds is 6. The van der Waals surface area contributed by atoms with Crippen molar-refractivity contribution in [3.63, 3.8) is 0 Å². The number of nitrogens with one attached hydrogen (secondary N) is 3. The van der Waals surface area contributed by atoms with Gasteiger partial charge in [-0.3, -0.25) is 4.99 Å². The van der Waals surface area contributed by atoms with E-state index in [0.29, 0.717) is 19.0 Å². The normalized spacial score (nSPS) is 17.4. The lowest BCUT2D eigenvalue weighted by Crippen LogP contribution is -2.40. The van der Waals surface area contributed by atoms with Gasteiger partial charge in [-0.25, -0.2) is 9.18 Å². The molecular weight excluding hydrogens is 393 g/mol. The van der Waals surface area contributed by atoms with Gasteiger partial charge in [0.2, 0.25) is 0 Å². The first kappa shape index (κ1) is 21.2. The number of likely N-dealkylation sites (tertiary alicyclic amines) is 1. The number of carbonyl (C=O) groups is 1. The maximum Gasteiger partial charge on any atom is 0.321 e. The van der Waals surface area contributed by atoms with E-state index in [0.717, 1.165) is 55.6 Å². The zero-order valence-electron chi connectivity index (χ0n) is 18.0. The predicted octanol–water partition coefficient (Wildman–Crippen LogP) is 3.85. The van der Waals surface area contributed by atoms with Crippen molar-refractivity contribution in [2.75, 3.05) is 32.0 Å². The van der Waals surface area contributed by atoms with E-state index in [4.69, 9.17) is 0 Å². The highest BCUT2D eigenvalue weighted by molar-refractivity contribution is 5.89. The number of benzene rings is 2. The van der Waals surface area contributed by atoms with E-state index in [-0.39, 0.29) is 17.3 Å². The van der Waals surface area contributed by atoms with Crippen molar-refractivity contribution in [3.05, 3.63) is 65.5 Å². The maximum absolute atomic E-state index is 13.6. The van der Waals surface area contributed by atoms with Gasteiger partial charge in [0.05, 0.1) is 0 Å². The first-order valence-electron chi connectivity index (χ1n) is 10.9. The van der Waals surface area contributed by atoms with E-state index < -0.39 is 0 Å². The summed E-state index contributed by atoms with van der Waals surface area (Å²) in [6.45, 7) is 2.94. The smallest absolute Gasteiger partial charge is 0.321 e. The molecule has 2 aromatic carbocycles. The molecule has 1 aliphatic carbocycles.